The summed E-state index contributed by atoms with van der Waals surface area (Å²) in [5, 5.41) is 7.98. The number of hydrogen-bond donors (Lipinski definition) is 1. The molecule has 1 N–H and O–H groups in total. The molecule has 3 fully saturated rings. The first-order valence-corrected chi connectivity index (χ1v) is 9.39. The molecule has 0 unspecified atom stereocenters. The van der Waals surface area contributed by atoms with E-state index in [0.717, 1.165) is 18.2 Å². The fourth-order valence-corrected chi connectivity index (χ4v) is 4.18. The maximum atomic E-state index is 12.9. The fraction of sp³-hybridized carbons (Fsp3) is 0.556. The van der Waals surface area contributed by atoms with Gasteiger partial charge in [-0.2, -0.15) is 5.10 Å². The molecule has 2 saturated carbocycles. The third-order valence-corrected chi connectivity index (χ3v) is 6.00. The number of nitrogens with zero attached hydrogens (tertiary/aromatic N) is 4. The Morgan fingerprint density at radius 3 is 2.80 bits per heavy atom. The molecule has 25 heavy (non-hydrogen) atoms. The first-order valence-electron chi connectivity index (χ1n) is 9.01. The third kappa shape index (κ3) is 2.82. The number of rotatable bonds is 4. The summed E-state index contributed by atoms with van der Waals surface area (Å²) in [7, 11) is 0. The Morgan fingerprint density at radius 2 is 2.08 bits per heavy atom. The molecule has 2 atom stereocenters. The minimum absolute atomic E-state index is 0.0116. The first-order chi connectivity index (χ1) is 12.2. The molecule has 7 heteroatoms. The smallest absolute Gasteiger partial charge is 0.255 e. The molecule has 3 heterocycles. The predicted octanol–water partition coefficient (Wildman–Crippen LogP) is 3.00. The van der Waals surface area contributed by atoms with Crippen molar-refractivity contribution in [1.82, 2.24) is 25.1 Å². The molecule has 2 aliphatic carbocycles. The van der Waals surface area contributed by atoms with Gasteiger partial charge in [0.25, 0.3) is 5.91 Å². The molecule has 0 spiro atoms. The molecule has 1 amide bonds. The van der Waals surface area contributed by atoms with Gasteiger partial charge in [0, 0.05) is 37.3 Å². The summed E-state index contributed by atoms with van der Waals surface area (Å²) in [4.78, 5) is 23.6. The largest absolute Gasteiger partial charge is 0.338 e. The quantitative estimate of drug-likeness (QED) is 0.912. The van der Waals surface area contributed by atoms with Crippen LogP contribution in [0.4, 0.5) is 0 Å². The standard InChI is InChI=1S/C18H20ClN5O/c19-15-7-20-6-5-12(15)18(25)24-8-13(10-1-2-10)14(9-24)17-21-16(22-23-17)11-3-4-11/h5-7,10-11,13-14H,1-4,8-9H2,(H,21,22,23)/t13-,14+/m1/s1. The van der Waals surface area contributed by atoms with E-state index < -0.39 is 0 Å². The van der Waals surface area contributed by atoms with Gasteiger partial charge in [-0.3, -0.25) is 14.9 Å². The van der Waals surface area contributed by atoms with Crippen LogP contribution in [0.2, 0.25) is 5.02 Å². The topological polar surface area (TPSA) is 74.8 Å². The molecule has 2 aromatic rings. The SMILES string of the molecule is O=C(c1ccncc1Cl)N1C[C@H](c2nc(C3CC3)n[nH]2)[C@@H](C2CC2)C1. The van der Waals surface area contributed by atoms with Gasteiger partial charge in [0.15, 0.2) is 5.82 Å². The molecule has 5 rings (SSSR count). The summed E-state index contributed by atoms with van der Waals surface area (Å²) in [6.45, 7) is 1.45. The van der Waals surface area contributed by atoms with Crippen LogP contribution >= 0.6 is 11.6 Å². The molecular formula is C18H20ClN5O. The van der Waals surface area contributed by atoms with Crippen molar-refractivity contribution in [2.24, 2.45) is 11.8 Å². The maximum absolute atomic E-state index is 12.9. The van der Waals surface area contributed by atoms with Crippen LogP contribution in [-0.2, 0) is 0 Å². The van der Waals surface area contributed by atoms with Crippen LogP contribution in [0.3, 0.4) is 0 Å². The maximum Gasteiger partial charge on any atom is 0.255 e. The van der Waals surface area contributed by atoms with Crippen LogP contribution in [-0.4, -0.2) is 44.1 Å². The highest BCUT2D eigenvalue weighted by Gasteiger charge is 2.46. The Kier molecular flexibility index (Phi) is 3.55. The van der Waals surface area contributed by atoms with Crippen molar-refractivity contribution in [3.63, 3.8) is 0 Å². The second-order valence-electron chi connectivity index (χ2n) is 7.53. The van der Waals surface area contributed by atoms with Crippen LogP contribution < -0.4 is 0 Å². The number of H-pyrrole nitrogens is 1. The second kappa shape index (κ2) is 5.80. The van der Waals surface area contributed by atoms with Gasteiger partial charge in [-0.15, -0.1) is 0 Å². The monoisotopic (exact) mass is 357 g/mol. The van der Waals surface area contributed by atoms with Gasteiger partial charge in [-0.25, -0.2) is 4.98 Å². The molecule has 1 saturated heterocycles. The van der Waals surface area contributed by atoms with E-state index in [0.29, 0.717) is 34.9 Å². The van der Waals surface area contributed by atoms with Gasteiger partial charge in [0.2, 0.25) is 0 Å². The summed E-state index contributed by atoms with van der Waals surface area (Å²) in [6.07, 6.45) is 8.03. The van der Waals surface area contributed by atoms with Gasteiger partial charge in [-0.1, -0.05) is 11.6 Å². The molecule has 0 aromatic carbocycles. The Labute approximate surface area is 151 Å². The number of carbonyl (C=O) groups is 1. The van der Waals surface area contributed by atoms with Crippen molar-refractivity contribution in [2.75, 3.05) is 13.1 Å². The van der Waals surface area contributed by atoms with E-state index in [2.05, 4.69) is 15.2 Å². The number of aromatic amines is 1. The van der Waals surface area contributed by atoms with Crippen LogP contribution in [0.5, 0.6) is 0 Å². The Balaban J connectivity index is 1.40. The predicted molar refractivity (Wildman–Crippen MR) is 92.5 cm³/mol. The normalized spacial score (nSPS) is 26.2. The molecule has 130 valence electrons. The molecular weight excluding hydrogens is 338 g/mol. The highest BCUT2D eigenvalue weighted by Crippen LogP contribution is 2.47. The van der Waals surface area contributed by atoms with E-state index in [9.17, 15) is 4.79 Å². The van der Waals surface area contributed by atoms with Crippen molar-refractivity contribution >= 4 is 17.5 Å². The van der Waals surface area contributed by atoms with Crippen LogP contribution in [0.1, 0.15) is 59.5 Å². The summed E-state index contributed by atoms with van der Waals surface area (Å²) in [5.74, 6) is 3.84. The minimum Gasteiger partial charge on any atom is -0.338 e. The summed E-state index contributed by atoms with van der Waals surface area (Å²) in [6, 6.07) is 1.70. The van der Waals surface area contributed by atoms with Crippen molar-refractivity contribution in [3.05, 3.63) is 40.7 Å². The van der Waals surface area contributed by atoms with Gasteiger partial charge >= 0.3 is 0 Å². The Morgan fingerprint density at radius 1 is 1.24 bits per heavy atom. The molecule has 0 radical (unpaired) electrons. The number of pyridine rings is 1. The van der Waals surface area contributed by atoms with Crippen molar-refractivity contribution in [1.29, 1.82) is 0 Å². The van der Waals surface area contributed by atoms with E-state index in [1.165, 1.54) is 31.9 Å². The lowest BCUT2D eigenvalue weighted by molar-refractivity contribution is 0.0784. The molecule has 3 aliphatic rings. The number of likely N-dealkylation sites (tertiary alicyclic amines) is 1. The van der Waals surface area contributed by atoms with E-state index in [-0.39, 0.29) is 11.8 Å². The van der Waals surface area contributed by atoms with E-state index in [1.807, 2.05) is 4.90 Å². The number of aromatic nitrogens is 4. The second-order valence-corrected chi connectivity index (χ2v) is 7.93. The van der Waals surface area contributed by atoms with Gasteiger partial charge in [0.1, 0.15) is 5.82 Å². The lowest BCUT2D eigenvalue weighted by atomic mass is 9.91. The highest BCUT2D eigenvalue weighted by molar-refractivity contribution is 6.33. The van der Waals surface area contributed by atoms with E-state index in [4.69, 9.17) is 16.6 Å². The summed E-state index contributed by atoms with van der Waals surface area (Å²) < 4.78 is 0. The molecule has 1 aliphatic heterocycles. The number of halogens is 1. The highest BCUT2D eigenvalue weighted by atomic mass is 35.5. The number of carbonyl (C=O) groups excluding carboxylic acids is 1. The van der Waals surface area contributed by atoms with Crippen LogP contribution in [0.15, 0.2) is 18.5 Å². The summed E-state index contributed by atoms with van der Waals surface area (Å²) in [5.41, 5.74) is 0.531. The van der Waals surface area contributed by atoms with Gasteiger partial charge in [0.05, 0.1) is 10.6 Å². The third-order valence-electron chi connectivity index (χ3n) is 5.70. The molecule has 6 nitrogen and oxygen atoms in total. The lowest BCUT2D eigenvalue weighted by Crippen LogP contribution is -2.29. The zero-order chi connectivity index (χ0) is 17.0. The number of nitrogens with one attached hydrogen (secondary N) is 1. The zero-order valence-electron chi connectivity index (χ0n) is 13.9. The van der Waals surface area contributed by atoms with Crippen LogP contribution in [0.25, 0.3) is 0 Å². The Hall–Kier alpha value is -1.95. The fourth-order valence-electron chi connectivity index (χ4n) is 3.98. The van der Waals surface area contributed by atoms with E-state index >= 15 is 0 Å². The number of amides is 1. The Bertz CT molecular complexity index is 813. The van der Waals surface area contributed by atoms with Crippen molar-refractivity contribution < 1.29 is 4.79 Å². The van der Waals surface area contributed by atoms with Crippen molar-refractivity contribution in [3.8, 4) is 0 Å². The average Bonchev–Trinajstić information content (AvgIpc) is 3.55. The van der Waals surface area contributed by atoms with E-state index in [1.54, 1.807) is 12.3 Å². The summed E-state index contributed by atoms with van der Waals surface area (Å²) >= 11 is 6.17. The molecule has 0 bridgehead atoms. The van der Waals surface area contributed by atoms with Crippen LogP contribution in [0, 0.1) is 11.8 Å². The first kappa shape index (κ1) is 15.3. The number of hydrogen-bond acceptors (Lipinski definition) is 4. The average molecular weight is 358 g/mol. The van der Waals surface area contributed by atoms with Gasteiger partial charge in [-0.05, 0) is 43.6 Å². The lowest BCUT2D eigenvalue weighted by Gasteiger charge is -2.16. The minimum atomic E-state index is -0.0116. The van der Waals surface area contributed by atoms with Gasteiger partial charge < -0.3 is 4.90 Å². The zero-order valence-corrected chi connectivity index (χ0v) is 14.6. The van der Waals surface area contributed by atoms with Crippen molar-refractivity contribution in [2.45, 2.75) is 37.5 Å². The molecule has 2 aromatic heterocycles.